The third-order valence-corrected chi connectivity index (χ3v) is 2.17. The summed E-state index contributed by atoms with van der Waals surface area (Å²) in [6.45, 7) is 0. The fourth-order valence-electron chi connectivity index (χ4n) is 1.20. The number of aliphatic hydroxyl groups excluding tert-OH is 1. The van der Waals surface area contributed by atoms with Crippen molar-refractivity contribution in [2.75, 3.05) is 7.11 Å². The highest BCUT2D eigenvalue weighted by molar-refractivity contribution is 7.41. The molecule has 0 spiro atoms. The van der Waals surface area contributed by atoms with E-state index in [9.17, 15) is 4.79 Å². The van der Waals surface area contributed by atoms with Crippen molar-refractivity contribution in [3.63, 3.8) is 0 Å². The van der Waals surface area contributed by atoms with Crippen molar-refractivity contribution in [3.8, 4) is 0 Å². The Balaban J connectivity index is 0.000000461. The highest BCUT2D eigenvalue weighted by Crippen LogP contribution is 2.15. The van der Waals surface area contributed by atoms with E-state index in [1.807, 2.05) is 30.5 Å². The second kappa shape index (κ2) is 4.89. The Kier molecular flexibility index (Phi) is 3.81. The van der Waals surface area contributed by atoms with Crippen LogP contribution >= 0.6 is 9.24 Å². The summed E-state index contributed by atoms with van der Waals surface area (Å²) in [5, 5.41) is 8.13. The first kappa shape index (κ1) is 10.9. The Morgan fingerprint density at radius 1 is 1.36 bits per heavy atom. The minimum Gasteiger partial charge on any atom is -0.400 e. The average molecular weight is 209 g/mol. The summed E-state index contributed by atoms with van der Waals surface area (Å²) in [5.74, 6) is 0. The lowest BCUT2D eigenvalue weighted by Crippen LogP contribution is -1.85. The molecule has 3 nitrogen and oxygen atoms in total. The van der Waals surface area contributed by atoms with Gasteiger partial charge in [0.2, 0.25) is 0 Å². The normalized spacial score (nSPS) is 9.36. The molecule has 1 unspecified atom stereocenters. The molecule has 1 aromatic carbocycles. The number of hydrogen-bond acceptors (Lipinski definition) is 2. The molecule has 0 amide bonds. The van der Waals surface area contributed by atoms with Gasteiger partial charge >= 0.3 is 0 Å². The molecule has 0 radical (unpaired) electrons. The van der Waals surface area contributed by atoms with Gasteiger partial charge in [0.1, 0.15) is 0 Å². The van der Waals surface area contributed by atoms with Crippen molar-refractivity contribution in [1.82, 2.24) is 4.98 Å². The van der Waals surface area contributed by atoms with Crippen molar-refractivity contribution >= 4 is 25.7 Å². The van der Waals surface area contributed by atoms with Gasteiger partial charge in [-0.2, -0.15) is 0 Å². The van der Waals surface area contributed by atoms with Gasteiger partial charge in [-0.25, -0.2) is 0 Å². The third-order valence-electron chi connectivity index (χ3n) is 1.84. The van der Waals surface area contributed by atoms with Crippen LogP contribution in [0.5, 0.6) is 0 Å². The average Bonchev–Trinajstić information content (AvgIpc) is 2.67. The molecule has 1 atom stereocenters. The number of aromatic amines is 1. The largest absolute Gasteiger partial charge is 0.400 e. The van der Waals surface area contributed by atoms with E-state index in [4.69, 9.17) is 5.11 Å². The Labute approximate surface area is 84.3 Å². The summed E-state index contributed by atoms with van der Waals surface area (Å²) in [4.78, 5) is 14.0. The standard InChI is InChI=1S/C9H8NOP.CH4O/c11-9(12)7-2-1-6-3-4-10-8(6)5-7;1-2/h1-5,10H,12H2;2H,1H3. The van der Waals surface area contributed by atoms with Crippen LogP contribution in [-0.4, -0.2) is 22.7 Å². The maximum atomic E-state index is 11.0. The summed E-state index contributed by atoms with van der Waals surface area (Å²) < 4.78 is 0. The van der Waals surface area contributed by atoms with Crippen molar-refractivity contribution < 1.29 is 9.90 Å². The molecule has 0 fully saturated rings. The Bertz CT molecular complexity index is 436. The summed E-state index contributed by atoms with van der Waals surface area (Å²) in [6, 6.07) is 7.59. The lowest BCUT2D eigenvalue weighted by molar-refractivity contribution is 0.108. The molecule has 4 heteroatoms. The van der Waals surface area contributed by atoms with Crippen LogP contribution < -0.4 is 0 Å². The molecule has 0 aliphatic rings. The van der Waals surface area contributed by atoms with Crippen LogP contribution in [0.25, 0.3) is 10.9 Å². The number of hydrogen-bond donors (Lipinski definition) is 2. The number of aliphatic hydroxyl groups is 1. The van der Waals surface area contributed by atoms with Gasteiger partial charge in [-0.05, 0) is 17.5 Å². The number of fused-ring (bicyclic) bond motifs is 1. The van der Waals surface area contributed by atoms with Gasteiger partial charge in [-0.3, -0.25) is 4.79 Å². The highest BCUT2D eigenvalue weighted by atomic mass is 31.0. The lowest BCUT2D eigenvalue weighted by Gasteiger charge is -1.94. The van der Waals surface area contributed by atoms with E-state index in [0.29, 0.717) is 0 Å². The topological polar surface area (TPSA) is 53.1 Å². The molecule has 2 rings (SSSR count). The van der Waals surface area contributed by atoms with Crippen LogP contribution in [0, 0.1) is 0 Å². The fraction of sp³-hybridized carbons (Fsp3) is 0.100. The van der Waals surface area contributed by atoms with Crippen LogP contribution in [-0.2, 0) is 0 Å². The molecule has 0 aliphatic heterocycles. The molecule has 0 aliphatic carbocycles. The SMILES string of the molecule is CO.O=C(P)c1ccc2cc[nH]c2c1. The minimum atomic E-state index is 0.0199. The number of benzene rings is 1. The predicted molar refractivity (Wildman–Crippen MR) is 60.5 cm³/mol. The van der Waals surface area contributed by atoms with Gasteiger partial charge in [0, 0.05) is 24.4 Å². The van der Waals surface area contributed by atoms with Gasteiger partial charge in [0.15, 0.2) is 5.52 Å². The van der Waals surface area contributed by atoms with Crippen molar-refractivity contribution in [3.05, 3.63) is 36.0 Å². The molecular weight excluding hydrogens is 197 g/mol. The molecule has 74 valence electrons. The Morgan fingerprint density at radius 2 is 2.07 bits per heavy atom. The number of carbonyl (C=O) groups excluding carboxylic acids is 1. The molecule has 0 bridgehead atoms. The van der Waals surface area contributed by atoms with Crippen LogP contribution in [0.2, 0.25) is 0 Å². The Morgan fingerprint density at radius 3 is 2.71 bits per heavy atom. The van der Waals surface area contributed by atoms with E-state index in [1.54, 1.807) is 0 Å². The highest BCUT2D eigenvalue weighted by Gasteiger charge is 2.00. The smallest absolute Gasteiger partial charge is 0.178 e. The van der Waals surface area contributed by atoms with E-state index in [0.717, 1.165) is 23.6 Å². The van der Waals surface area contributed by atoms with Crippen molar-refractivity contribution in [2.24, 2.45) is 0 Å². The van der Waals surface area contributed by atoms with Crippen molar-refractivity contribution in [1.29, 1.82) is 0 Å². The number of nitrogens with one attached hydrogen (secondary N) is 1. The van der Waals surface area contributed by atoms with E-state index in [1.165, 1.54) is 0 Å². The van der Waals surface area contributed by atoms with Crippen LogP contribution in [0.3, 0.4) is 0 Å². The third kappa shape index (κ3) is 2.19. The lowest BCUT2D eigenvalue weighted by atomic mass is 10.2. The van der Waals surface area contributed by atoms with E-state index in [2.05, 4.69) is 14.2 Å². The summed E-state index contributed by atoms with van der Waals surface area (Å²) in [7, 11) is 3.16. The van der Waals surface area contributed by atoms with Crippen LogP contribution in [0.1, 0.15) is 10.4 Å². The first-order chi connectivity index (χ1) is 6.77. The monoisotopic (exact) mass is 209 g/mol. The van der Waals surface area contributed by atoms with Gasteiger partial charge in [-0.1, -0.05) is 21.4 Å². The second-order valence-corrected chi connectivity index (χ2v) is 3.17. The summed E-state index contributed by atoms with van der Waals surface area (Å²) in [5.41, 5.74) is 1.74. The zero-order valence-corrected chi connectivity index (χ0v) is 8.97. The number of aromatic nitrogens is 1. The van der Waals surface area contributed by atoms with Gasteiger partial charge in [0.25, 0.3) is 0 Å². The Hall–Kier alpha value is -1.18. The number of rotatable bonds is 1. The van der Waals surface area contributed by atoms with Crippen LogP contribution in [0.15, 0.2) is 30.5 Å². The second-order valence-electron chi connectivity index (χ2n) is 2.64. The predicted octanol–water partition coefficient (Wildman–Crippen LogP) is 1.79. The van der Waals surface area contributed by atoms with Gasteiger partial charge in [0.05, 0.1) is 0 Å². The van der Waals surface area contributed by atoms with E-state index in [-0.39, 0.29) is 5.52 Å². The molecule has 0 saturated carbocycles. The van der Waals surface area contributed by atoms with Gasteiger partial charge < -0.3 is 10.1 Å². The van der Waals surface area contributed by atoms with Gasteiger partial charge in [-0.15, -0.1) is 0 Å². The first-order valence-electron chi connectivity index (χ1n) is 4.09. The zero-order chi connectivity index (χ0) is 10.6. The zero-order valence-electron chi connectivity index (χ0n) is 7.82. The molecule has 0 saturated heterocycles. The molecule has 1 heterocycles. The first-order valence-corrected chi connectivity index (χ1v) is 4.67. The number of carbonyl (C=O) groups is 1. The molecule has 14 heavy (non-hydrogen) atoms. The number of H-pyrrole nitrogens is 1. The summed E-state index contributed by atoms with van der Waals surface area (Å²) in [6.07, 6.45) is 1.86. The molecular formula is C10H12NO2P. The molecule has 2 aromatic rings. The molecule has 1 aromatic heterocycles. The van der Waals surface area contributed by atoms with E-state index < -0.39 is 0 Å². The van der Waals surface area contributed by atoms with Crippen LogP contribution in [0.4, 0.5) is 0 Å². The maximum Gasteiger partial charge on any atom is 0.178 e. The maximum absolute atomic E-state index is 11.0. The minimum absolute atomic E-state index is 0.0199. The summed E-state index contributed by atoms with van der Waals surface area (Å²) >= 11 is 0. The van der Waals surface area contributed by atoms with Crippen molar-refractivity contribution in [2.45, 2.75) is 0 Å². The quantitative estimate of drug-likeness (QED) is 0.703. The van der Waals surface area contributed by atoms with E-state index >= 15 is 0 Å². The molecule has 2 N–H and O–H groups in total. The fourth-order valence-corrected chi connectivity index (χ4v) is 1.38.